The van der Waals surface area contributed by atoms with E-state index in [-0.39, 0.29) is 11.8 Å². The minimum atomic E-state index is -0.946. The van der Waals surface area contributed by atoms with Crippen molar-refractivity contribution in [2.75, 3.05) is 12.4 Å². The molecule has 0 fully saturated rings. The second-order valence-electron chi connectivity index (χ2n) is 7.59. The van der Waals surface area contributed by atoms with Gasteiger partial charge in [-0.25, -0.2) is 4.79 Å². The van der Waals surface area contributed by atoms with E-state index in [4.69, 9.17) is 9.47 Å². The number of esters is 1. The highest BCUT2D eigenvalue weighted by Gasteiger charge is 2.22. The van der Waals surface area contributed by atoms with Crippen LogP contribution < -0.4 is 10.1 Å². The predicted molar refractivity (Wildman–Crippen MR) is 119 cm³/mol. The van der Waals surface area contributed by atoms with Gasteiger partial charge in [0.2, 0.25) is 0 Å². The van der Waals surface area contributed by atoms with E-state index in [9.17, 15) is 9.59 Å². The number of rotatable bonds is 6. The first-order valence-electron chi connectivity index (χ1n) is 10.0. The summed E-state index contributed by atoms with van der Waals surface area (Å²) in [6.45, 7) is 7.67. The molecule has 0 spiro atoms. The smallest absolute Gasteiger partial charge is 0.339 e. The van der Waals surface area contributed by atoms with E-state index >= 15 is 0 Å². The number of methoxy groups -OCH3 is 1. The number of aryl methyl sites for hydroxylation is 1. The fourth-order valence-corrected chi connectivity index (χ4v) is 3.47. The number of carbonyl (C=O) groups is 2. The lowest BCUT2D eigenvalue weighted by Crippen LogP contribution is -2.30. The van der Waals surface area contributed by atoms with Crippen LogP contribution in [0.5, 0.6) is 5.75 Å². The first-order valence-corrected chi connectivity index (χ1v) is 10.0. The van der Waals surface area contributed by atoms with Gasteiger partial charge in [0.25, 0.3) is 5.91 Å². The molecule has 30 heavy (non-hydrogen) atoms. The largest absolute Gasteiger partial charge is 0.496 e. The van der Waals surface area contributed by atoms with Crippen LogP contribution in [0.4, 0.5) is 5.69 Å². The second kappa shape index (κ2) is 8.99. The lowest BCUT2D eigenvalue weighted by molar-refractivity contribution is -0.123. The van der Waals surface area contributed by atoms with Gasteiger partial charge in [0.15, 0.2) is 6.10 Å². The summed E-state index contributed by atoms with van der Waals surface area (Å²) < 4.78 is 10.9. The highest BCUT2D eigenvalue weighted by Crippen LogP contribution is 2.30. The van der Waals surface area contributed by atoms with E-state index in [0.29, 0.717) is 11.3 Å². The maximum atomic E-state index is 12.8. The predicted octanol–water partition coefficient (Wildman–Crippen LogP) is 5.46. The van der Waals surface area contributed by atoms with E-state index in [1.165, 1.54) is 0 Å². The number of ether oxygens (including phenoxy) is 2. The Hall–Kier alpha value is -3.34. The highest BCUT2D eigenvalue weighted by atomic mass is 16.5. The number of anilines is 1. The molecule has 0 heterocycles. The van der Waals surface area contributed by atoms with Crippen LogP contribution in [0.3, 0.4) is 0 Å². The van der Waals surface area contributed by atoms with Crippen molar-refractivity contribution in [2.45, 2.75) is 39.7 Å². The molecule has 3 aromatic rings. The second-order valence-corrected chi connectivity index (χ2v) is 7.59. The fraction of sp³-hybridized carbons (Fsp3) is 0.280. The van der Waals surface area contributed by atoms with Gasteiger partial charge in [-0.15, -0.1) is 0 Å². The number of carbonyl (C=O) groups excluding carboxylic acids is 2. The quantitative estimate of drug-likeness (QED) is 0.553. The molecule has 0 aromatic heterocycles. The maximum Gasteiger partial charge on any atom is 0.339 e. The van der Waals surface area contributed by atoms with Crippen molar-refractivity contribution >= 4 is 28.3 Å². The number of fused-ring (bicyclic) bond motifs is 1. The van der Waals surface area contributed by atoms with E-state index in [0.717, 1.165) is 27.6 Å². The van der Waals surface area contributed by atoms with E-state index in [1.54, 1.807) is 26.2 Å². The van der Waals surface area contributed by atoms with Gasteiger partial charge >= 0.3 is 5.97 Å². The van der Waals surface area contributed by atoms with Gasteiger partial charge in [-0.3, -0.25) is 4.79 Å². The molecule has 0 saturated carbocycles. The SMILES string of the molecule is COc1ccc(C(=O)O[C@@H](C)C(=O)Nc2c(C)cccc2C(C)C)c2ccccc12. The third kappa shape index (κ3) is 4.30. The van der Waals surface area contributed by atoms with Crippen molar-refractivity contribution in [1.82, 2.24) is 0 Å². The van der Waals surface area contributed by atoms with Gasteiger partial charge in [0, 0.05) is 11.1 Å². The van der Waals surface area contributed by atoms with Crippen molar-refractivity contribution < 1.29 is 19.1 Å². The Kier molecular flexibility index (Phi) is 6.40. The van der Waals surface area contributed by atoms with Crippen molar-refractivity contribution in [3.05, 3.63) is 71.3 Å². The minimum Gasteiger partial charge on any atom is -0.496 e. The third-order valence-electron chi connectivity index (χ3n) is 5.15. The Balaban J connectivity index is 1.80. The summed E-state index contributed by atoms with van der Waals surface area (Å²) in [5.41, 5.74) is 3.18. The minimum absolute atomic E-state index is 0.253. The molecule has 0 aliphatic heterocycles. The standard InChI is InChI=1S/C25H27NO4/c1-15(2)18-12-8-9-16(3)23(18)26-24(27)17(4)30-25(28)21-13-14-22(29-5)20-11-7-6-10-19(20)21/h6-15,17H,1-5H3,(H,26,27)/t17-/m0/s1. The topological polar surface area (TPSA) is 64.6 Å². The number of hydrogen-bond donors (Lipinski definition) is 1. The van der Waals surface area contributed by atoms with Gasteiger partial charge in [-0.2, -0.15) is 0 Å². The zero-order chi connectivity index (χ0) is 21.8. The Morgan fingerprint density at radius 3 is 2.27 bits per heavy atom. The summed E-state index contributed by atoms with van der Waals surface area (Å²) in [5, 5.41) is 4.47. The fourth-order valence-electron chi connectivity index (χ4n) is 3.47. The summed E-state index contributed by atoms with van der Waals surface area (Å²) in [4.78, 5) is 25.6. The summed E-state index contributed by atoms with van der Waals surface area (Å²) in [6, 6.07) is 16.7. The molecule has 0 unspecified atom stereocenters. The first-order chi connectivity index (χ1) is 14.3. The zero-order valence-electron chi connectivity index (χ0n) is 18.0. The molecule has 1 amide bonds. The first kappa shape index (κ1) is 21.4. The molecule has 0 saturated heterocycles. The molecule has 0 bridgehead atoms. The maximum absolute atomic E-state index is 12.8. The Bertz CT molecular complexity index is 1090. The van der Waals surface area contributed by atoms with Gasteiger partial charge < -0.3 is 14.8 Å². The number of amides is 1. The van der Waals surface area contributed by atoms with E-state index < -0.39 is 12.1 Å². The average molecular weight is 405 g/mol. The average Bonchev–Trinajstić information content (AvgIpc) is 2.73. The molecule has 156 valence electrons. The van der Waals surface area contributed by atoms with Gasteiger partial charge in [0.05, 0.1) is 12.7 Å². The summed E-state index contributed by atoms with van der Waals surface area (Å²) in [7, 11) is 1.59. The van der Waals surface area contributed by atoms with Crippen LogP contribution in [0.2, 0.25) is 0 Å². The van der Waals surface area contributed by atoms with Crippen molar-refractivity contribution in [2.24, 2.45) is 0 Å². The monoisotopic (exact) mass is 405 g/mol. The van der Waals surface area contributed by atoms with Crippen molar-refractivity contribution in [3.8, 4) is 5.75 Å². The number of para-hydroxylation sites is 1. The van der Waals surface area contributed by atoms with Crippen LogP contribution in [-0.2, 0) is 9.53 Å². The van der Waals surface area contributed by atoms with Gasteiger partial charge in [-0.1, -0.05) is 56.3 Å². The van der Waals surface area contributed by atoms with Gasteiger partial charge in [-0.05, 0) is 48.4 Å². The van der Waals surface area contributed by atoms with Gasteiger partial charge in [0.1, 0.15) is 5.75 Å². The number of nitrogens with one attached hydrogen (secondary N) is 1. The highest BCUT2D eigenvalue weighted by molar-refractivity contribution is 6.07. The molecule has 0 aliphatic carbocycles. The number of benzene rings is 3. The lowest BCUT2D eigenvalue weighted by atomic mass is 9.98. The molecule has 0 radical (unpaired) electrons. The van der Waals surface area contributed by atoms with Crippen LogP contribution in [0.25, 0.3) is 10.8 Å². The molecule has 0 aliphatic rings. The van der Waals surface area contributed by atoms with Crippen LogP contribution in [0, 0.1) is 6.92 Å². The van der Waals surface area contributed by atoms with Crippen LogP contribution in [0.1, 0.15) is 48.2 Å². The molecular weight excluding hydrogens is 378 g/mol. The Labute approximate surface area is 177 Å². The molecular formula is C25H27NO4. The summed E-state index contributed by atoms with van der Waals surface area (Å²) in [6.07, 6.45) is -0.946. The van der Waals surface area contributed by atoms with Crippen molar-refractivity contribution in [1.29, 1.82) is 0 Å². The Morgan fingerprint density at radius 2 is 1.60 bits per heavy atom. The Morgan fingerprint density at radius 1 is 0.900 bits per heavy atom. The number of hydrogen-bond acceptors (Lipinski definition) is 4. The van der Waals surface area contributed by atoms with Crippen LogP contribution >= 0.6 is 0 Å². The normalized spacial score (nSPS) is 11.9. The van der Waals surface area contributed by atoms with Crippen LogP contribution in [-0.4, -0.2) is 25.1 Å². The molecule has 3 aromatic carbocycles. The van der Waals surface area contributed by atoms with Crippen LogP contribution in [0.15, 0.2) is 54.6 Å². The third-order valence-corrected chi connectivity index (χ3v) is 5.15. The van der Waals surface area contributed by atoms with E-state index in [1.807, 2.05) is 49.4 Å². The molecule has 3 rings (SSSR count). The lowest BCUT2D eigenvalue weighted by Gasteiger charge is -2.19. The summed E-state index contributed by atoms with van der Waals surface area (Å²) >= 11 is 0. The molecule has 5 heteroatoms. The summed E-state index contributed by atoms with van der Waals surface area (Å²) in [5.74, 6) is 0.0140. The molecule has 1 N–H and O–H groups in total. The van der Waals surface area contributed by atoms with E-state index in [2.05, 4.69) is 19.2 Å². The molecule has 5 nitrogen and oxygen atoms in total. The zero-order valence-corrected chi connectivity index (χ0v) is 18.0. The van der Waals surface area contributed by atoms with Crippen molar-refractivity contribution in [3.63, 3.8) is 0 Å². The molecule has 1 atom stereocenters.